The summed E-state index contributed by atoms with van der Waals surface area (Å²) in [6.45, 7) is 4.35. The Hall–Kier alpha value is -3.28. The molecule has 0 saturated carbocycles. The highest BCUT2D eigenvalue weighted by molar-refractivity contribution is 5.93. The molecule has 3 aromatic rings. The van der Waals surface area contributed by atoms with Crippen molar-refractivity contribution in [3.63, 3.8) is 0 Å². The molecule has 6 heteroatoms. The predicted molar refractivity (Wildman–Crippen MR) is 100 cm³/mol. The normalized spacial score (nSPS) is 9.96. The van der Waals surface area contributed by atoms with Crippen LogP contribution in [0.2, 0.25) is 0 Å². The Morgan fingerprint density at radius 2 is 1.77 bits per heavy atom. The molecular weight excluding hydrogens is 334 g/mol. The Kier molecular flexibility index (Phi) is 6.38. The van der Waals surface area contributed by atoms with Crippen molar-refractivity contribution in [3.05, 3.63) is 70.0 Å². The molecule has 136 valence electrons. The lowest BCUT2D eigenvalue weighted by atomic mass is 10.1. The summed E-state index contributed by atoms with van der Waals surface area (Å²) in [6, 6.07) is 14.2. The Balaban J connectivity index is 0.00000117. The number of nitrogens with one attached hydrogen (secondary N) is 1. The molecule has 0 unspecified atom stereocenters. The van der Waals surface area contributed by atoms with E-state index in [1.165, 1.54) is 13.2 Å². The molecule has 6 nitrogen and oxygen atoms in total. The Bertz CT molecular complexity index is 948. The number of methoxy groups -OCH3 is 1. The van der Waals surface area contributed by atoms with Crippen LogP contribution in [0.3, 0.4) is 0 Å². The molecule has 0 aliphatic carbocycles. The lowest BCUT2D eigenvalue weighted by Crippen LogP contribution is -2.17. The zero-order chi connectivity index (χ0) is 19.1. The number of carbonyl (C=O) groups is 1. The van der Waals surface area contributed by atoms with Crippen LogP contribution < -0.4 is 15.0 Å². The van der Waals surface area contributed by atoms with Crippen molar-refractivity contribution in [1.82, 2.24) is 4.98 Å². The molecule has 0 atom stereocenters. The summed E-state index contributed by atoms with van der Waals surface area (Å²) in [5.74, 6) is -0.352. The van der Waals surface area contributed by atoms with Gasteiger partial charge in [0.05, 0.1) is 12.6 Å². The minimum absolute atomic E-state index is 0.318. The highest BCUT2D eigenvalue weighted by atomic mass is 16.5. The number of ether oxygens (including phenoxy) is 2. The van der Waals surface area contributed by atoms with Gasteiger partial charge in [0.2, 0.25) is 0 Å². The smallest absolute Gasteiger partial charge is 0.341 e. The second kappa shape index (κ2) is 8.71. The fourth-order valence-electron chi connectivity index (χ4n) is 2.38. The maximum Gasteiger partial charge on any atom is 0.341 e. The number of rotatable bonds is 5. The first-order valence-corrected chi connectivity index (χ1v) is 8.23. The standard InChI is InChI=1S/C18H15NO5.C2H6/c1-23-15-9-14-12(7-13(18(21)22)17(20)19-14)8-16(15)24-10-11-5-3-2-4-6-11;1-2/h2-9H,10H2,1H3,(H,19,20)(H,21,22);1-2H3. The molecule has 2 N–H and O–H groups in total. The molecule has 0 radical (unpaired) electrons. The number of aromatic amines is 1. The van der Waals surface area contributed by atoms with E-state index in [9.17, 15) is 9.59 Å². The van der Waals surface area contributed by atoms with Crippen LogP contribution >= 0.6 is 0 Å². The Labute approximate surface area is 151 Å². The Morgan fingerprint density at radius 3 is 2.38 bits per heavy atom. The zero-order valence-electron chi connectivity index (χ0n) is 14.9. The van der Waals surface area contributed by atoms with Crippen LogP contribution in [0.4, 0.5) is 0 Å². The average molecular weight is 355 g/mol. The van der Waals surface area contributed by atoms with Gasteiger partial charge in [-0.15, -0.1) is 0 Å². The van der Waals surface area contributed by atoms with Crippen LogP contribution in [0.1, 0.15) is 29.8 Å². The molecule has 0 fully saturated rings. The lowest BCUT2D eigenvalue weighted by Gasteiger charge is -2.12. The fraction of sp³-hybridized carbons (Fsp3) is 0.200. The number of hydrogen-bond acceptors (Lipinski definition) is 4. The molecule has 3 rings (SSSR count). The molecular formula is C20H21NO5. The van der Waals surface area contributed by atoms with E-state index in [0.717, 1.165) is 5.56 Å². The van der Waals surface area contributed by atoms with E-state index >= 15 is 0 Å². The van der Waals surface area contributed by atoms with Crippen molar-refractivity contribution in [3.8, 4) is 11.5 Å². The molecule has 0 saturated heterocycles. The minimum Gasteiger partial charge on any atom is -0.493 e. The van der Waals surface area contributed by atoms with Gasteiger partial charge in [-0.1, -0.05) is 44.2 Å². The third kappa shape index (κ3) is 4.22. The van der Waals surface area contributed by atoms with Gasteiger partial charge in [0.1, 0.15) is 12.2 Å². The van der Waals surface area contributed by atoms with E-state index in [-0.39, 0.29) is 5.56 Å². The number of aromatic nitrogens is 1. The van der Waals surface area contributed by atoms with E-state index < -0.39 is 11.5 Å². The predicted octanol–water partition coefficient (Wildman–Crippen LogP) is 3.84. The van der Waals surface area contributed by atoms with Gasteiger partial charge in [0.25, 0.3) is 5.56 Å². The maximum atomic E-state index is 11.8. The monoisotopic (exact) mass is 355 g/mol. The number of carboxylic acid groups (broad SMARTS) is 1. The summed E-state index contributed by atoms with van der Waals surface area (Å²) in [5, 5.41) is 9.62. The van der Waals surface area contributed by atoms with Crippen molar-refractivity contribution in [2.24, 2.45) is 0 Å². The summed E-state index contributed by atoms with van der Waals surface area (Å²) < 4.78 is 11.1. The minimum atomic E-state index is -1.28. The average Bonchev–Trinajstić information content (AvgIpc) is 2.67. The van der Waals surface area contributed by atoms with Crippen LogP contribution in [0.15, 0.2) is 53.3 Å². The van der Waals surface area contributed by atoms with Gasteiger partial charge in [-0.2, -0.15) is 0 Å². The highest BCUT2D eigenvalue weighted by Gasteiger charge is 2.13. The van der Waals surface area contributed by atoms with E-state index in [2.05, 4.69) is 4.98 Å². The van der Waals surface area contributed by atoms with E-state index in [0.29, 0.717) is 29.0 Å². The summed E-state index contributed by atoms with van der Waals surface area (Å²) in [5.41, 5.74) is 0.498. The molecule has 1 heterocycles. The summed E-state index contributed by atoms with van der Waals surface area (Å²) in [7, 11) is 1.50. The summed E-state index contributed by atoms with van der Waals surface area (Å²) in [6.07, 6.45) is 0. The quantitative estimate of drug-likeness (QED) is 0.726. The Morgan fingerprint density at radius 1 is 1.08 bits per heavy atom. The molecule has 1 aromatic heterocycles. The molecule has 0 aliphatic heterocycles. The van der Waals surface area contributed by atoms with Gasteiger partial charge in [0.15, 0.2) is 11.5 Å². The van der Waals surface area contributed by atoms with Gasteiger partial charge in [0, 0.05) is 11.5 Å². The third-order valence-electron chi connectivity index (χ3n) is 3.60. The van der Waals surface area contributed by atoms with Crippen molar-refractivity contribution < 1.29 is 19.4 Å². The number of aromatic carboxylic acids is 1. The first-order valence-electron chi connectivity index (χ1n) is 8.23. The van der Waals surface area contributed by atoms with E-state index in [1.54, 1.807) is 12.1 Å². The summed E-state index contributed by atoms with van der Waals surface area (Å²) in [4.78, 5) is 25.4. The van der Waals surface area contributed by atoms with Crippen molar-refractivity contribution in [1.29, 1.82) is 0 Å². The molecule has 2 aromatic carbocycles. The number of H-pyrrole nitrogens is 1. The van der Waals surface area contributed by atoms with Crippen LogP contribution in [0, 0.1) is 0 Å². The molecule has 0 spiro atoms. The topological polar surface area (TPSA) is 88.6 Å². The van der Waals surface area contributed by atoms with Gasteiger partial charge >= 0.3 is 5.97 Å². The zero-order valence-corrected chi connectivity index (χ0v) is 14.9. The molecule has 0 amide bonds. The largest absolute Gasteiger partial charge is 0.493 e. The lowest BCUT2D eigenvalue weighted by molar-refractivity contribution is 0.0695. The fourth-order valence-corrected chi connectivity index (χ4v) is 2.38. The van der Waals surface area contributed by atoms with Gasteiger partial charge in [-0.25, -0.2) is 4.79 Å². The van der Waals surface area contributed by atoms with Gasteiger partial charge < -0.3 is 19.6 Å². The molecule has 0 bridgehead atoms. The number of fused-ring (bicyclic) bond motifs is 1. The third-order valence-corrected chi connectivity index (χ3v) is 3.60. The highest BCUT2D eigenvalue weighted by Crippen LogP contribution is 2.32. The number of hydrogen-bond donors (Lipinski definition) is 2. The molecule has 0 aliphatic rings. The van der Waals surface area contributed by atoms with Crippen LogP contribution in [-0.2, 0) is 6.61 Å². The van der Waals surface area contributed by atoms with Crippen LogP contribution in [0.5, 0.6) is 11.5 Å². The second-order valence-corrected chi connectivity index (χ2v) is 5.18. The van der Waals surface area contributed by atoms with Gasteiger partial charge in [-0.05, 0) is 17.7 Å². The molecule has 26 heavy (non-hydrogen) atoms. The summed E-state index contributed by atoms with van der Waals surface area (Å²) >= 11 is 0. The number of benzene rings is 2. The first kappa shape index (κ1) is 19.1. The maximum absolute atomic E-state index is 11.8. The van der Waals surface area contributed by atoms with E-state index in [4.69, 9.17) is 14.6 Å². The van der Waals surface area contributed by atoms with Crippen LogP contribution in [0.25, 0.3) is 10.9 Å². The van der Waals surface area contributed by atoms with Crippen molar-refractivity contribution >= 4 is 16.9 Å². The SMILES string of the molecule is CC.COc1cc2[nH]c(=O)c(C(=O)O)cc2cc1OCc1ccccc1. The second-order valence-electron chi connectivity index (χ2n) is 5.18. The van der Waals surface area contributed by atoms with Gasteiger partial charge in [-0.3, -0.25) is 4.79 Å². The van der Waals surface area contributed by atoms with Crippen molar-refractivity contribution in [2.45, 2.75) is 20.5 Å². The van der Waals surface area contributed by atoms with Crippen LogP contribution in [-0.4, -0.2) is 23.2 Å². The number of carboxylic acids is 1. The van der Waals surface area contributed by atoms with E-state index in [1.807, 2.05) is 44.2 Å². The number of pyridine rings is 1. The van der Waals surface area contributed by atoms with Crippen molar-refractivity contribution in [2.75, 3.05) is 7.11 Å². The first-order chi connectivity index (χ1) is 12.6.